The lowest BCUT2D eigenvalue weighted by Gasteiger charge is -2.32. The molecular weight excluding hydrogens is 500 g/mol. The van der Waals surface area contributed by atoms with E-state index in [2.05, 4.69) is 5.32 Å². The highest BCUT2D eigenvalue weighted by Gasteiger charge is 2.31. The average Bonchev–Trinajstić information content (AvgIpc) is 2.85. The van der Waals surface area contributed by atoms with Crippen LogP contribution in [0.4, 0.5) is 11.4 Å². The van der Waals surface area contributed by atoms with Gasteiger partial charge in [-0.1, -0.05) is 31.5 Å². The normalized spacial score (nSPS) is 11.9. The Balaban J connectivity index is 2.43. The summed E-state index contributed by atoms with van der Waals surface area (Å²) in [6.45, 7) is 5.02. The fourth-order valence-electron chi connectivity index (χ4n) is 3.62. The number of sulfonamides is 1. The molecule has 2 aromatic carbocycles. The van der Waals surface area contributed by atoms with Crippen LogP contribution in [0.15, 0.2) is 42.5 Å². The number of ether oxygens (including phenoxy) is 1. The molecule has 0 saturated heterocycles. The number of nitro groups is 1. The third-order valence-electron chi connectivity index (χ3n) is 5.86. The highest BCUT2D eigenvalue weighted by atomic mass is 32.2. The summed E-state index contributed by atoms with van der Waals surface area (Å²) in [7, 11) is -2.48. The number of aryl methyl sites for hydroxylation is 1. The van der Waals surface area contributed by atoms with E-state index in [1.807, 2.05) is 6.92 Å². The number of anilines is 1. The zero-order chi connectivity index (χ0) is 27.8. The maximum Gasteiger partial charge on any atom is 0.271 e. The molecule has 0 aliphatic heterocycles. The Hall–Kier alpha value is -3.67. The Labute approximate surface area is 217 Å². The molecule has 0 heterocycles. The summed E-state index contributed by atoms with van der Waals surface area (Å²) in [6, 6.07) is 9.85. The molecule has 37 heavy (non-hydrogen) atoms. The zero-order valence-electron chi connectivity index (χ0n) is 21.8. The van der Waals surface area contributed by atoms with Crippen molar-refractivity contribution < 1.29 is 27.7 Å². The highest BCUT2D eigenvalue weighted by molar-refractivity contribution is 7.92. The smallest absolute Gasteiger partial charge is 0.271 e. The Morgan fingerprint density at radius 3 is 2.35 bits per heavy atom. The molecule has 0 spiro atoms. The van der Waals surface area contributed by atoms with E-state index in [0.29, 0.717) is 23.4 Å². The van der Waals surface area contributed by atoms with Crippen LogP contribution in [-0.2, 0) is 26.2 Å². The predicted molar refractivity (Wildman–Crippen MR) is 141 cm³/mol. The van der Waals surface area contributed by atoms with Gasteiger partial charge in [0, 0.05) is 25.2 Å². The Morgan fingerprint density at radius 2 is 1.81 bits per heavy atom. The standard InChI is InChI=1S/C25H34N4O7S/c1-6-7-14-26-25(31)19(3)27(16-20-9-12-22(36-4)13-10-20)24(30)17-28(37(5,34)35)23-15-21(29(32)33)11-8-18(23)2/h8-13,15,19H,6-7,14,16-17H2,1-5H3,(H,26,31)/t19-/m0/s1. The summed E-state index contributed by atoms with van der Waals surface area (Å²) in [5.41, 5.74) is 0.866. The van der Waals surface area contributed by atoms with E-state index in [-0.39, 0.29) is 23.8 Å². The van der Waals surface area contributed by atoms with Crippen LogP contribution < -0.4 is 14.4 Å². The number of rotatable bonds is 13. The van der Waals surface area contributed by atoms with E-state index in [4.69, 9.17) is 4.74 Å². The number of methoxy groups -OCH3 is 1. The molecule has 202 valence electrons. The Bertz CT molecular complexity index is 1220. The summed E-state index contributed by atoms with van der Waals surface area (Å²) in [5, 5.41) is 14.1. The average molecular weight is 535 g/mol. The molecule has 12 heteroatoms. The van der Waals surface area contributed by atoms with Gasteiger partial charge in [-0.2, -0.15) is 0 Å². The number of carbonyl (C=O) groups is 2. The van der Waals surface area contributed by atoms with Gasteiger partial charge in [0.05, 0.1) is 24.0 Å². The maximum atomic E-state index is 13.6. The van der Waals surface area contributed by atoms with Crippen molar-refractivity contribution in [3.8, 4) is 5.75 Å². The summed E-state index contributed by atoms with van der Waals surface area (Å²) in [4.78, 5) is 38.4. The topological polar surface area (TPSA) is 139 Å². The third kappa shape index (κ3) is 8.17. The van der Waals surface area contributed by atoms with Gasteiger partial charge in [0.1, 0.15) is 18.3 Å². The zero-order valence-corrected chi connectivity index (χ0v) is 22.6. The molecule has 1 N–H and O–H groups in total. The fourth-order valence-corrected chi connectivity index (χ4v) is 4.52. The molecule has 0 fully saturated rings. The largest absolute Gasteiger partial charge is 0.497 e. The molecule has 0 bridgehead atoms. The van der Waals surface area contributed by atoms with E-state index in [1.165, 1.54) is 24.1 Å². The SMILES string of the molecule is CCCCNC(=O)[C@H](C)N(Cc1ccc(OC)cc1)C(=O)CN(c1cc([N+](=O)[O-])ccc1C)S(C)(=O)=O. The molecule has 11 nitrogen and oxygen atoms in total. The van der Waals surface area contributed by atoms with Crippen LogP contribution in [-0.4, -0.2) is 62.6 Å². The minimum Gasteiger partial charge on any atom is -0.497 e. The quantitative estimate of drug-likeness (QED) is 0.237. The minimum atomic E-state index is -4.01. The van der Waals surface area contributed by atoms with E-state index >= 15 is 0 Å². The van der Waals surface area contributed by atoms with E-state index in [1.54, 1.807) is 38.1 Å². The van der Waals surface area contributed by atoms with Crippen molar-refractivity contribution in [2.75, 3.05) is 30.8 Å². The molecule has 2 aromatic rings. The van der Waals surface area contributed by atoms with Gasteiger partial charge in [0.2, 0.25) is 21.8 Å². The van der Waals surface area contributed by atoms with Crippen molar-refractivity contribution in [3.63, 3.8) is 0 Å². The number of nitrogens with one attached hydrogen (secondary N) is 1. The van der Waals surface area contributed by atoms with Crippen LogP contribution in [0.5, 0.6) is 5.75 Å². The van der Waals surface area contributed by atoms with Gasteiger partial charge >= 0.3 is 0 Å². The van der Waals surface area contributed by atoms with Gasteiger partial charge in [-0.05, 0) is 43.5 Å². The second kappa shape index (κ2) is 13.0. The molecule has 2 amide bonds. The van der Waals surface area contributed by atoms with Crippen molar-refractivity contribution in [2.45, 2.75) is 46.2 Å². The van der Waals surface area contributed by atoms with Crippen LogP contribution in [0.1, 0.15) is 37.8 Å². The number of carbonyl (C=O) groups excluding carboxylic acids is 2. The Morgan fingerprint density at radius 1 is 1.16 bits per heavy atom. The number of hydrogen-bond donors (Lipinski definition) is 1. The monoisotopic (exact) mass is 534 g/mol. The maximum absolute atomic E-state index is 13.6. The lowest BCUT2D eigenvalue weighted by atomic mass is 10.1. The lowest BCUT2D eigenvalue weighted by molar-refractivity contribution is -0.384. The predicted octanol–water partition coefficient (Wildman–Crippen LogP) is 3.01. The number of benzene rings is 2. The molecule has 0 aromatic heterocycles. The van der Waals surface area contributed by atoms with Crippen LogP contribution in [0.3, 0.4) is 0 Å². The van der Waals surface area contributed by atoms with Crippen molar-refractivity contribution >= 4 is 33.2 Å². The van der Waals surface area contributed by atoms with Gasteiger partial charge in [-0.25, -0.2) is 8.42 Å². The van der Waals surface area contributed by atoms with Crippen LogP contribution in [0.2, 0.25) is 0 Å². The number of nitrogens with zero attached hydrogens (tertiary/aromatic N) is 3. The van der Waals surface area contributed by atoms with Gasteiger partial charge in [0.15, 0.2) is 0 Å². The van der Waals surface area contributed by atoms with E-state index in [0.717, 1.165) is 29.5 Å². The summed E-state index contributed by atoms with van der Waals surface area (Å²) in [6.07, 6.45) is 2.58. The first kappa shape index (κ1) is 29.6. The number of unbranched alkanes of at least 4 members (excludes halogenated alkanes) is 1. The second-order valence-corrected chi connectivity index (χ2v) is 10.6. The molecular formula is C25H34N4O7S. The third-order valence-corrected chi connectivity index (χ3v) is 6.99. The summed E-state index contributed by atoms with van der Waals surface area (Å²) >= 11 is 0. The first-order valence-electron chi connectivity index (χ1n) is 11.8. The van der Waals surface area contributed by atoms with E-state index < -0.39 is 33.4 Å². The number of nitro benzene ring substituents is 1. The van der Waals surface area contributed by atoms with E-state index in [9.17, 15) is 28.1 Å². The molecule has 0 unspecified atom stereocenters. The molecule has 0 aliphatic rings. The second-order valence-electron chi connectivity index (χ2n) is 8.69. The number of amides is 2. The van der Waals surface area contributed by atoms with Gasteiger partial charge in [-0.15, -0.1) is 0 Å². The van der Waals surface area contributed by atoms with Crippen LogP contribution >= 0.6 is 0 Å². The molecule has 0 radical (unpaired) electrons. The van der Waals surface area contributed by atoms with Crippen molar-refractivity contribution in [1.82, 2.24) is 10.2 Å². The first-order valence-corrected chi connectivity index (χ1v) is 13.7. The molecule has 1 atom stereocenters. The van der Waals surface area contributed by atoms with Gasteiger partial charge in [0.25, 0.3) is 5.69 Å². The van der Waals surface area contributed by atoms with Gasteiger partial charge < -0.3 is 15.0 Å². The van der Waals surface area contributed by atoms with Crippen molar-refractivity contribution in [3.05, 3.63) is 63.7 Å². The highest BCUT2D eigenvalue weighted by Crippen LogP contribution is 2.28. The fraction of sp³-hybridized carbons (Fsp3) is 0.440. The van der Waals surface area contributed by atoms with Crippen molar-refractivity contribution in [2.24, 2.45) is 0 Å². The van der Waals surface area contributed by atoms with Crippen LogP contribution in [0, 0.1) is 17.0 Å². The summed E-state index contributed by atoms with van der Waals surface area (Å²) in [5.74, 6) is -0.380. The van der Waals surface area contributed by atoms with Gasteiger partial charge in [-0.3, -0.25) is 24.0 Å². The summed E-state index contributed by atoms with van der Waals surface area (Å²) < 4.78 is 31.5. The number of non-ortho nitro benzene ring substituents is 1. The van der Waals surface area contributed by atoms with Crippen LogP contribution in [0.25, 0.3) is 0 Å². The first-order chi connectivity index (χ1) is 17.4. The minimum absolute atomic E-state index is 0.0227. The Kier molecular flexibility index (Phi) is 10.4. The number of hydrogen-bond acceptors (Lipinski definition) is 7. The lowest BCUT2D eigenvalue weighted by Crippen LogP contribution is -2.51. The molecule has 2 rings (SSSR count). The molecule has 0 aliphatic carbocycles. The van der Waals surface area contributed by atoms with Crippen molar-refractivity contribution in [1.29, 1.82) is 0 Å². The molecule has 0 saturated carbocycles.